The standard InChI is InChI=1S/C30H45N7O10/c1-15(2)12-22(30(46)47)37-29(45)20(13-18-8-6-5-7-9-18)35-26(42)17(4)33-25(41)16(3)34-28(44)21(14-24(39)40)36-27(43)19(31)10-11-23(32)38/h5-9,15-17,19-22H,10-14,31H2,1-4H3,(H2,32,38)(H,33,41)(H,34,44)(H,35,42)(H,36,43)(H,37,45)(H,39,40)(H,46,47)/t16-,17-,19-,20-,21-,22-/m0/s1. The molecule has 0 aromatic heterocycles. The fourth-order valence-electron chi connectivity index (χ4n) is 4.20. The fourth-order valence-corrected chi connectivity index (χ4v) is 4.20. The van der Waals surface area contributed by atoms with E-state index in [1.807, 2.05) is 0 Å². The van der Waals surface area contributed by atoms with Crippen LogP contribution in [-0.2, 0) is 44.8 Å². The second kappa shape index (κ2) is 19.5. The lowest BCUT2D eigenvalue weighted by atomic mass is 10.0. The average Bonchev–Trinajstić information content (AvgIpc) is 2.98. The highest BCUT2D eigenvalue weighted by molar-refractivity contribution is 5.97. The Morgan fingerprint density at radius 1 is 0.681 bits per heavy atom. The maximum absolute atomic E-state index is 13.2. The minimum absolute atomic E-state index is 0.0163. The summed E-state index contributed by atoms with van der Waals surface area (Å²) >= 11 is 0. The first-order valence-electron chi connectivity index (χ1n) is 14.9. The average molecular weight is 664 g/mol. The van der Waals surface area contributed by atoms with Crippen molar-refractivity contribution in [1.29, 1.82) is 0 Å². The lowest BCUT2D eigenvalue weighted by molar-refractivity contribution is -0.143. The van der Waals surface area contributed by atoms with Crippen molar-refractivity contribution in [3.05, 3.63) is 35.9 Å². The molecule has 6 amide bonds. The molecule has 0 spiro atoms. The van der Waals surface area contributed by atoms with Crippen LogP contribution in [0.5, 0.6) is 0 Å². The van der Waals surface area contributed by atoms with Gasteiger partial charge in [0, 0.05) is 12.8 Å². The molecule has 0 aliphatic heterocycles. The smallest absolute Gasteiger partial charge is 0.326 e. The van der Waals surface area contributed by atoms with Gasteiger partial charge in [0.25, 0.3) is 0 Å². The van der Waals surface area contributed by atoms with Crippen molar-refractivity contribution in [2.75, 3.05) is 0 Å². The molecule has 0 aliphatic carbocycles. The normalized spacial score (nSPS) is 14.7. The molecule has 0 radical (unpaired) electrons. The Hall–Kier alpha value is -5.06. The summed E-state index contributed by atoms with van der Waals surface area (Å²) in [7, 11) is 0. The quantitative estimate of drug-likeness (QED) is 0.0727. The predicted molar refractivity (Wildman–Crippen MR) is 167 cm³/mol. The summed E-state index contributed by atoms with van der Waals surface area (Å²) in [6.45, 7) is 6.17. The van der Waals surface area contributed by atoms with Crippen LogP contribution < -0.4 is 38.1 Å². The topological polar surface area (TPSA) is 289 Å². The highest BCUT2D eigenvalue weighted by Crippen LogP contribution is 2.08. The third kappa shape index (κ3) is 15.2. The van der Waals surface area contributed by atoms with Gasteiger partial charge in [-0.25, -0.2) is 4.79 Å². The summed E-state index contributed by atoms with van der Waals surface area (Å²) in [5, 5.41) is 30.6. The van der Waals surface area contributed by atoms with Crippen LogP contribution in [0, 0.1) is 5.92 Å². The van der Waals surface area contributed by atoms with Crippen LogP contribution in [0.3, 0.4) is 0 Å². The molecule has 1 aromatic rings. The van der Waals surface area contributed by atoms with Crippen LogP contribution in [0.2, 0.25) is 0 Å². The number of hydrogen-bond acceptors (Lipinski definition) is 9. The van der Waals surface area contributed by atoms with Crippen molar-refractivity contribution >= 4 is 47.4 Å². The molecule has 47 heavy (non-hydrogen) atoms. The van der Waals surface area contributed by atoms with Gasteiger partial charge in [-0.1, -0.05) is 44.2 Å². The van der Waals surface area contributed by atoms with E-state index >= 15 is 0 Å². The van der Waals surface area contributed by atoms with Gasteiger partial charge < -0.3 is 48.3 Å². The molecule has 0 fully saturated rings. The van der Waals surface area contributed by atoms with E-state index in [4.69, 9.17) is 11.5 Å². The number of carbonyl (C=O) groups excluding carboxylic acids is 6. The molecule has 260 valence electrons. The maximum atomic E-state index is 13.2. The van der Waals surface area contributed by atoms with Crippen LogP contribution in [0.25, 0.3) is 0 Å². The number of primary amides is 1. The molecule has 17 nitrogen and oxygen atoms in total. The molecular weight excluding hydrogens is 618 g/mol. The minimum Gasteiger partial charge on any atom is -0.481 e. The molecule has 6 atom stereocenters. The number of carboxylic acids is 2. The molecule has 0 aliphatic rings. The lowest BCUT2D eigenvalue weighted by Crippen LogP contribution is -2.58. The van der Waals surface area contributed by atoms with Gasteiger partial charge in [0.05, 0.1) is 12.5 Å². The second-order valence-electron chi connectivity index (χ2n) is 11.5. The van der Waals surface area contributed by atoms with Crippen LogP contribution in [0.4, 0.5) is 0 Å². The Kier molecular flexibility index (Phi) is 16.5. The Labute approximate surface area is 271 Å². The van der Waals surface area contributed by atoms with Crippen molar-refractivity contribution < 1.29 is 48.6 Å². The molecule has 17 heteroatoms. The SMILES string of the molecule is CC(C)C[C@H](NC(=O)[C@H](Cc1ccccc1)NC(=O)[C@H](C)NC(=O)[C@H](C)NC(=O)[C@H](CC(=O)O)NC(=O)[C@@H](N)CCC(N)=O)C(=O)O. The first-order valence-corrected chi connectivity index (χ1v) is 14.9. The molecule has 0 bridgehead atoms. The van der Waals surface area contributed by atoms with Crippen molar-refractivity contribution in [3.63, 3.8) is 0 Å². The molecule has 11 N–H and O–H groups in total. The summed E-state index contributed by atoms with van der Waals surface area (Å²) in [4.78, 5) is 98.2. The fraction of sp³-hybridized carbons (Fsp3) is 0.533. The first-order chi connectivity index (χ1) is 21.9. The van der Waals surface area contributed by atoms with E-state index in [1.165, 1.54) is 13.8 Å². The predicted octanol–water partition coefficient (Wildman–Crippen LogP) is -2.11. The number of rotatable bonds is 20. The Bertz CT molecular complexity index is 1290. The number of hydrogen-bond donors (Lipinski definition) is 9. The van der Waals surface area contributed by atoms with Gasteiger partial charge in [0.2, 0.25) is 35.4 Å². The van der Waals surface area contributed by atoms with E-state index in [1.54, 1.807) is 44.2 Å². The van der Waals surface area contributed by atoms with E-state index in [0.29, 0.717) is 5.56 Å². The van der Waals surface area contributed by atoms with Gasteiger partial charge in [0.1, 0.15) is 30.2 Å². The first kappa shape index (κ1) is 40.0. The zero-order valence-electron chi connectivity index (χ0n) is 26.8. The number of amides is 6. The van der Waals surface area contributed by atoms with Crippen molar-refractivity contribution in [3.8, 4) is 0 Å². The summed E-state index contributed by atoms with van der Waals surface area (Å²) < 4.78 is 0. The molecule has 0 saturated carbocycles. The molecule has 1 aromatic carbocycles. The van der Waals surface area contributed by atoms with E-state index in [9.17, 15) is 48.6 Å². The Balaban J connectivity index is 2.94. The van der Waals surface area contributed by atoms with Gasteiger partial charge in [0.15, 0.2) is 0 Å². The van der Waals surface area contributed by atoms with E-state index in [0.717, 1.165) is 0 Å². The minimum atomic E-state index is -1.63. The van der Waals surface area contributed by atoms with Gasteiger partial charge in [-0.3, -0.25) is 33.6 Å². The zero-order chi connectivity index (χ0) is 35.8. The van der Waals surface area contributed by atoms with Crippen LogP contribution in [0.15, 0.2) is 30.3 Å². The van der Waals surface area contributed by atoms with Crippen LogP contribution >= 0.6 is 0 Å². The lowest BCUT2D eigenvalue weighted by Gasteiger charge is -2.25. The number of benzene rings is 1. The highest BCUT2D eigenvalue weighted by atomic mass is 16.4. The molecular formula is C30H45N7O10. The summed E-state index contributed by atoms with van der Waals surface area (Å²) in [6, 6.07) is 0.828. The van der Waals surface area contributed by atoms with Gasteiger partial charge in [-0.05, 0) is 38.2 Å². The molecule has 0 heterocycles. The van der Waals surface area contributed by atoms with E-state index < -0.39 is 90.1 Å². The largest absolute Gasteiger partial charge is 0.481 e. The van der Waals surface area contributed by atoms with Crippen molar-refractivity contribution in [2.24, 2.45) is 17.4 Å². The second-order valence-corrected chi connectivity index (χ2v) is 11.5. The number of carboxylic acid groups (broad SMARTS) is 2. The number of carbonyl (C=O) groups is 8. The summed E-state index contributed by atoms with van der Waals surface area (Å²) in [5.41, 5.74) is 11.4. The summed E-state index contributed by atoms with van der Waals surface area (Å²) in [6.07, 6.45) is -1.04. The van der Waals surface area contributed by atoms with Crippen molar-refractivity contribution in [2.45, 2.75) is 96.1 Å². The Morgan fingerprint density at radius 2 is 1.17 bits per heavy atom. The number of nitrogens with one attached hydrogen (secondary N) is 5. The van der Waals surface area contributed by atoms with Crippen LogP contribution in [-0.4, -0.2) is 93.8 Å². The van der Waals surface area contributed by atoms with E-state index in [-0.39, 0.29) is 31.6 Å². The third-order valence-electron chi connectivity index (χ3n) is 6.79. The van der Waals surface area contributed by atoms with E-state index in [2.05, 4.69) is 26.6 Å². The van der Waals surface area contributed by atoms with Crippen molar-refractivity contribution in [1.82, 2.24) is 26.6 Å². The van der Waals surface area contributed by atoms with Gasteiger partial charge >= 0.3 is 11.9 Å². The molecule has 0 unspecified atom stereocenters. The zero-order valence-corrected chi connectivity index (χ0v) is 26.8. The van der Waals surface area contributed by atoms with Crippen LogP contribution in [0.1, 0.15) is 58.9 Å². The highest BCUT2D eigenvalue weighted by Gasteiger charge is 2.31. The summed E-state index contributed by atoms with van der Waals surface area (Å²) in [5.74, 6) is -7.75. The molecule has 0 saturated heterocycles. The maximum Gasteiger partial charge on any atom is 0.326 e. The number of aliphatic carboxylic acids is 2. The number of nitrogens with two attached hydrogens (primary N) is 2. The van der Waals surface area contributed by atoms with Gasteiger partial charge in [-0.15, -0.1) is 0 Å². The third-order valence-corrected chi connectivity index (χ3v) is 6.79. The Morgan fingerprint density at radius 3 is 1.68 bits per heavy atom. The molecule has 1 rings (SSSR count). The monoisotopic (exact) mass is 663 g/mol. The van der Waals surface area contributed by atoms with Gasteiger partial charge in [-0.2, -0.15) is 0 Å².